The number of nitrogens with zero attached hydrogens (tertiary/aromatic N) is 5. The summed E-state index contributed by atoms with van der Waals surface area (Å²) < 4.78 is 0. The SMILES string of the molecule is O=C(CCN1C(=O)c2cccnc2C1=O)N1CCN(c2ccccn2)CC1. The fraction of sp³-hybridized carbons (Fsp3) is 0.316. The molecule has 2 aromatic rings. The molecule has 0 unspecified atom stereocenters. The molecule has 0 N–H and O–H groups in total. The number of carbonyl (C=O) groups excluding carboxylic acids is 3. The molecule has 3 amide bonds. The summed E-state index contributed by atoms with van der Waals surface area (Å²) in [6.45, 7) is 2.69. The first-order valence-electron chi connectivity index (χ1n) is 8.90. The van der Waals surface area contributed by atoms with Gasteiger partial charge in [0.05, 0.1) is 5.56 Å². The second-order valence-electron chi connectivity index (χ2n) is 6.47. The molecule has 0 bridgehead atoms. The van der Waals surface area contributed by atoms with E-state index in [4.69, 9.17) is 0 Å². The summed E-state index contributed by atoms with van der Waals surface area (Å²) in [4.78, 5) is 50.5. The molecule has 2 aromatic heterocycles. The molecule has 8 nitrogen and oxygen atoms in total. The Morgan fingerprint density at radius 3 is 2.41 bits per heavy atom. The summed E-state index contributed by atoms with van der Waals surface area (Å²) >= 11 is 0. The van der Waals surface area contributed by atoms with Crippen molar-refractivity contribution in [1.82, 2.24) is 19.8 Å². The molecular weight excluding hydrogens is 346 g/mol. The van der Waals surface area contributed by atoms with E-state index in [0.29, 0.717) is 31.7 Å². The lowest BCUT2D eigenvalue weighted by molar-refractivity contribution is -0.131. The number of aromatic nitrogens is 2. The van der Waals surface area contributed by atoms with E-state index in [1.54, 1.807) is 23.2 Å². The molecule has 0 saturated carbocycles. The van der Waals surface area contributed by atoms with Crippen molar-refractivity contribution in [2.75, 3.05) is 37.6 Å². The van der Waals surface area contributed by atoms with Crippen molar-refractivity contribution in [3.05, 3.63) is 54.0 Å². The Hall–Kier alpha value is -3.29. The van der Waals surface area contributed by atoms with Crippen LogP contribution in [-0.4, -0.2) is 70.2 Å². The van der Waals surface area contributed by atoms with E-state index < -0.39 is 5.91 Å². The summed E-state index contributed by atoms with van der Waals surface area (Å²) in [6.07, 6.45) is 3.36. The van der Waals surface area contributed by atoms with Gasteiger partial charge in [-0.15, -0.1) is 0 Å². The Morgan fingerprint density at radius 1 is 0.926 bits per heavy atom. The lowest BCUT2D eigenvalue weighted by Gasteiger charge is -2.35. The van der Waals surface area contributed by atoms with Crippen LogP contribution < -0.4 is 4.90 Å². The molecule has 27 heavy (non-hydrogen) atoms. The van der Waals surface area contributed by atoms with Gasteiger partial charge in [-0.25, -0.2) is 4.98 Å². The molecule has 0 atom stereocenters. The van der Waals surface area contributed by atoms with Crippen molar-refractivity contribution >= 4 is 23.5 Å². The number of anilines is 1. The highest BCUT2D eigenvalue weighted by Crippen LogP contribution is 2.21. The summed E-state index contributed by atoms with van der Waals surface area (Å²) in [5.41, 5.74) is 0.470. The zero-order valence-electron chi connectivity index (χ0n) is 14.7. The van der Waals surface area contributed by atoms with Crippen molar-refractivity contribution in [1.29, 1.82) is 0 Å². The van der Waals surface area contributed by atoms with Crippen LogP contribution in [0.3, 0.4) is 0 Å². The number of amides is 3. The van der Waals surface area contributed by atoms with Crippen LogP contribution in [-0.2, 0) is 4.79 Å². The third-order valence-corrected chi connectivity index (χ3v) is 4.89. The second kappa shape index (κ2) is 7.14. The molecule has 1 saturated heterocycles. The van der Waals surface area contributed by atoms with Gasteiger partial charge in [-0.2, -0.15) is 0 Å². The van der Waals surface area contributed by atoms with E-state index in [2.05, 4.69) is 14.9 Å². The van der Waals surface area contributed by atoms with Crippen molar-refractivity contribution in [2.24, 2.45) is 0 Å². The Bertz CT molecular complexity index is 843. The van der Waals surface area contributed by atoms with Gasteiger partial charge < -0.3 is 9.80 Å². The summed E-state index contributed by atoms with van der Waals surface area (Å²) in [7, 11) is 0. The molecule has 138 valence electrons. The van der Waals surface area contributed by atoms with Crippen LogP contribution in [0.4, 0.5) is 5.82 Å². The minimum atomic E-state index is -0.427. The Morgan fingerprint density at radius 2 is 1.70 bits per heavy atom. The topological polar surface area (TPSA) is 86.7 Å². The number of pyridine rings is 2. The van der Waals surface area contributed by atoms with Gasteiger partial charge in [0, 0.05) is 51.5 Å². The van der Waals surface area contributed by atoms with E-state index >= 15 is 0 Å². The first-order chi connectivity index (χ1) is 13.1. The molecule has 2 aliphatic heterocycles. The number of hydrogen-bond acceptors (Lipinski definition) is 6. The first-order valence-corrected chi connectivity index (χ1v) is 8.90. The van der Waals surface area contributed by atoms with Crippen molar-refractivity contribution < 1.29 is 14.4 Å². The number of imide groups is 1. The van der Waals surface area contributed by atoms with Gasteiger partial charge in [-0.05, 0) is 24.3 Å². The van der Waals surface area contributed by atoms with Gasteiger partial charge in [0.2, 0.25) is 5.91 Å². The van der Waals surface area contributed by atoms with E-state index in [1.165, 1.54) is 6.20 Å². The quantitative estimate of drug-likeness (QED) is 0.746. The third kappa shape index (κ3) is 3.25. The Balaban J connectivity index is 1.31. The maximum atomic E-state index is 12.5. The maximum Gasteiger partial charge on any atom is 0.280 e. The highest BCUT2D eigenvalue weighted by atomic mass is 16.2. The zero-order chi connectivity index (χ0) is 18.8. The number of hydrogen-bond donors (Lipinski definition) is 0. The van der Waals surface area contributed by atoms with Crippen LogP contribution in [0.1, 0.15) is 27.3 Å². The second-order valence-corrected chi connectivity index (χ2v) is 6.47. The number of rotatable bonds is 4. The third-order valence-electron chi connectivity index (χ3n) is 4.89. The lowest BCUT2D eigenvalue weighted by atomic mass is 10.2. The Labute approximate surface area is 156 Å². The maximum absolute atomic E-state index is 12.5. The number of carbonyl (C=O) groups is 3. The van der Waals surface area contributed by atoms with Crippen molar-refractivity contribution in [3.8, 4) is 0 Å². The largest absolute Gasteiger partial charge is 0.353 e. The summed E-state index contributed by atoms with van der Waals surface area (Å²) in [5, 5.41) is 0. The van der Waals surface area contributed by atoms with Gasteiger partial charge >= 0.3 is 0 Å². The average Bonchev–Trinajstić information content (AvgIpc) is 2.97. The van der Waals surface area contributed by atoms with E-state index in [9.17, 15) is 14.4 Å². The van der Waals surface area contributed by atoms with Crippen LogP contribution in [0.25, 0.3) is 0 Å². The van der Waals surface area contributed by atoms with Gasteiger partial charge in [0.25, 0.3) is 11.8 Å². The highest BCUT2D eigenvalue weighted by Gasteiger charge is 2.36. The van der Waals surface area contributed by atoms with E-state index in [0.717, 1.165) is 10.7 Å². The molecule has 0 spiro atoms. The molecule has 1 fully saturated rings. The molecule has 8 heteroatoms. The molecule has 0 radical (unpaired) electrons. The van der Waals surface area contributed by atoms with Crippen molar-refractivity contribution in [3.63, 3.8) is 0 Å². The number of piperazine rings is 1. The summed E-state index contributed by atoms with van der Waals surface area (Å²) in [5.74, 6) is 0.0440. The van der Waals surface area contributed by atoms with E-state index in [1.807, 2.05) is 18.2 Å². The number of fused-ring (bicyclic) bond motifs is 1. The van der Waals surface area contributed by atoms with Crippen LogP contribution >= 0.6 is 0 Å². The zero-order valence-corrected chi connectivity index (χ0v) is 14.7. The monoisotopic (exact) mass is 365 g/mol. The van der Waals surface area contributed by atoms with Crippen LogP contribution in [0.2, 0.25) is 0 Å². The predicted molar refractivity (Wildman–Crippen MR) is 97.3 cm³/mol. The molecule has 4 rings (SSSR count). The van der Waals surface area contributed by atoms with Gasteiger partial charge in [-0.1, -0.05) is 6.07 Å². The normalized spacial score (nSPS) is 16.7. The lowest BCUT2D eigenvalue weighted by Crippen LogP contribution is -2.49. The fourth-order valence-corrected chi connectivity index (χ4v) is 3.41. The van der Waals surface area contributed by atoms with Crippen LogP contribution in [0.5, 0.6) is 0 Å². The Kier molecular flexibility index (Phi) is 4.53. The highest BCUT2D eigenvalue weighted by molar-refractivity contribution is 6.20. The molecule has 4 heterocycles. The standard InChI is InChI=1S/C19H19N5O3/c25-16(23-12-10-22(11-13-23)15-5-1-2-7-20-15)6-9-24-18(26)14-4-3-8-21-17(14)19(24)27/h1-5,7-8H,6,9-13H2. The van der Waals surface area contributed by atoms with Gasteiger partial charge in [0.1, 0.15) is 11.5 Å². The minimum absolute atomic E-state index is 0.0554. The van der Waals surface area contributed by atoms with Crippen LogP contribution in [0.15, 0.2) is 42.7 Å². The smallest absolute Gasteiger partial charge is 0.280 e. The first kappa shape index (κ1) is 17.1. The van der Waals surface area contributed by atoms with Gasteiger partial charge in [-0.3, -0.25) is 24.3 Å². The van der Waals surface area contributed by atoms with Gasteiger partial charge in [0.15, 0.2) is 0 Å². The summed E-state index contributed by atoms with van der Waals surface area (Å²) in [6, 6.07) is 8.98. The molecule has 0 aromatic carbocycles. The molecule has 2 aliphatic rings. The molecule has 0 aliphatic carbocycles. The van der Waals surface area contributed by atoms with Crippen LogP contribution in [0, 0.1) is 0 Å². The minimum Gasteiger partial charge on any atom is -0.353 e. The van der Waals surface area contributed by atoms with Crippen molar-refractivity contribution in [2.45, 2.75) is 6.42 Å². The predicted octanol–water partition coefficient (Wildman–Crippen LogP) is 0.811. The molecular formula is C19H19N5O3. The van der Waals surface area contributed by atoms with E-state index in [-0.39, 0.29) is 30.5 Å². The average molecular weight is 365 g/mol. The fourth-order valence-electron chi connectivity index (χ4n) is 3.41.